The maximum Gasteiger partial charge on any atom is 0.0558 e. The van der Waals surface area contributed by atoms with E-state index >= 15 is 0 Å². The van der Waals surface area contributed by atoms with E-state index in [0.717, 1.165) is 36.8 Å². The van der Waals surface area contributed by atoms with Crippen LogP contribution in [0.25, 0.3) is 0 Å². The number of piperidine rings is 1. The number of nitrogens with zero attached hydrogens (tertiary/aromatic N) is 2. The Morgan fingerprint density at radius 3 is 3.12 bits per heavy atom. The molecule has 2 rings (SSSR count). The van der Waals surface area contributed by atoms with Gasteiger partial charge in [0.15, 0.2) is 0 Å². The van der Waals surface area contributed by atoms with Crippen LogP contribution in [-0.4, -0.2) is 29.0 Å². The second-order valence-electron chi connectivity index (χ2n) is 4.63. The van der Waals surface area contributed by atoms with Gasteiger partial charge in [0.25, 0.3) is 0 Å². The van der Waals surface area contributed by atoms with Gasteiger partial charge in [0.1, 0.15) is 0 Å². The highest BCUT2D eigenvalue weighted by atomic mass is 35.5. The second kappa shape index (κ2) is 5.13. The lowest BCUT2D eigenvalue weighted by Gasteiger charge is -2.34. The number of hydrogen-bond donors (Lipinski definition) is 1. The van der Waals surface area contributed by atoms with Crippen LogP contribution in [0.15, 0.2) is 18.3 Å². The van der Waals surface area contributed by atoms with Crippen molar-refractivity contribution < 1.29 is 0 Å². The van der Waals surface area contributed by atoms with Crippen molar-refractivity contribution in [2.75, 3.05) is 13.1 Å². The molecule has 3 nitrogen and oxygen atoms in total. The average molecular weight is 240 g/mol. The molecular weight excluding hydrogens is 222 g/mol. The van der Waals surface area contributed by atoms with E-state index in [1.165, 1.54) is 0 Å². The van der Waals surface area contributed by atoms with Crippen molar-refractivity contribution in [1.82, 2.24) is 9.88 Å². The van der Waals surface area contributed by atoms with Crippen molar-refractivity contribution in [3.63, 3.8) is 0 Å². The summed E-state index contributed by atoms with van der Waals surface area (Å²) in [6.07, 6.45) is 2.83. The summed E-state index contributed by atoms with van der Waals surface area (Å²) in [4.78, 5) is 6.72. The Hall–Kier alpha value is -0.640. The first kappa shape index (κ1) is 11.8. The third-order valence-electron chi connectivity index (χ3n) is 3.22. The molecule has 0 spiro atoms. The molecule has 0 bridgehead atoms. The van der Waals surface area contributed by atoms with E-state index in [0.29, 0.717) is 12.0 Å². The molecule has 88 valence electrons. The van der Waals surface area contributed by atoms with Crippen LogP contribution in [0.3, 0.4) is 0 Å². The fraction of sp³-hybridized carbons (Fsp3) is 0.583. The first-order chi connectivity index (χ1) is 7.65. The number of halogens is 1. The summed E-state index contributed by atoms with van der Waals surface area (Å²) in [6, 6.07) is 4.09. The molecule has 1 fully saturated rings. The second-order valence-corrected chi connectivity index (χ2v) is 5.07. The van der Waals surface area contributed by atoms with Gasteiger partial charge < -0.3 is 5.73 Å². The molecule has 1 aromatic heterocycles. The maximum absolute atomic E-state index is 5.99. The Kier molecular flexibility index (Phi) is 3.79. The van der Waals surface area contributed by atoms with E-state index in [-0.39, 0.29) is 0 Å². The number of nitrogens with two attached hydrogens (primary N) is 1. The van der Waals surface area contributed by atoms with Gasteiger partial charge in [-0.2, -0.15) is 0 Å². The molecule has 1 aliphatic rings. The van der Waals surface area contributed by atoms with E-state index < -0.39 is 0 Å². The summed E-state index contributed by atoms with van der Waals surface area (Å²) in [6.45, 7) is 5.19. The number of likely N-dealkylation sites (tertiary alicyclic amines) is 1. The van der Waals surface area contributed by atoms with E-state index in [1.807, 2.05) is 6.07 Å². The van der Waals surface area contributed by atoms with Gasteiger partial charge in [-0.1, -0.05) is 18.5 Å². The van der Waals surface area contributed by atoms with Gasteiger partial charge in [-0.25, -0.2) is 0 Å². The Bertz CT molecular complexity index is 356. The quantitative estimate of drug-likeness (QED) is 0.857. The van der Waals surface area contributed by atoms with E-state index in [2.05, 4.69) is 16.8 Å². The summed E-state index contributed by atoms with van der Waals surface area (Å²) in [7, 11) is 0. The highest BCUT2D eigenvalue weighted by Gasteiger charge is 2.23. The Morgan fingerprint density at radius 2 is 2.44 bits per heavy atom. The van der Waals surface area contributed by atoms with Crippen LogP contribution < -0.4 is 5.73 Å². The van der Waals surface area contributed by atoms with Crippen molar-refractivity contribution in [2.24, 2.45) is 11.7 Å². The molecule has 4 heteroatoms. The van der Waals surface area contributed by atoms with Gasteiger partial charge in [0.05, 0.1) is 5.69 Å². The summed E-state index contributed by atoms with van der Waals surface area (Å²) in [5.41, 5.74) is 7.03. The average Bonchev–Trinajstić information content (AvgIpc) is 2.24. The molecule has 0 aromatic carbocycles. The molecule has 0 aliphatic carbocycles. The van der Waals surface area contributed by atoms with Crippen molar-refractivity contribution >= 4 is 11.6 Å². The van der Waals surface area contributed by atoms with Gasteiger partial charge in [-0.3, -0.25) is 9.88 Å². The van der Waals surface area contributed by atoms with E-state index in [4.69, 9.17) is 17.3 Å². The molecule has 2 N–H and O–H groups in total. The van der Waals surface area contributed by atoms with Gasteiger partial charge in [-0.15, -0.1) is 0 Å². The lowest BCUT2D eigenvalue weighted by Crippen LogP contribution is -2.45. The number of aromatic nitrogens is 1. The molecule has 1 aromatic rings. The zero-order valence-electron chi connectivity index (χ0n) is 9.56. The van der Waals surface area contributed by atoms with E-state index in [1.54, 1.807) is 12.3 Å². The predicted molar refractivity (Wildman–Crippen MR) is 66.3 cm³/mol. The molecule has 2 heterocycles. The molecule has 0 amide bonds. The van der Waals surface area contributed by atoms with Gasteiger partial charge >= 0.3 is 0 Å². The van der Waals surface area contributed by atoms with Crippen LogP contribution in [0.2, 0.25) is 5.02 Å². The first-order valence-electron chi connectivity index (χ1n) is 5.73. The SMILES string of the molecule is CC1CN(Cc2cc(Cl)ccn2)CCC1N. The van der Waals surface area contributed by atoms with Crippen molar-refractivity contribution in [3.8, 4) is 0 Å². The van der Waals surface area contributed by atoms with E-state index in [9.17, 15) is 0 Å². The predicted octanol–water partition coefficient (Wildman–Crippen LogP) is 1.90. The highest BCUT2D eigenvalue weighted by molar-refractivity contribution is 6.30. The fourth-order valence-corrected chi connectivity index (χ4v) is 2.34. The molecule has 1 saturated heterocycles. The van der Waals surface area contributed by atoms with Crippen LogP contribution >= 0.6 is 11.6 Å². The Labute approximate surface area is 102 Å². The summed E-state index contributed by atoms with van der Waals surface area (Å²) >= 11 is 5.94. The minimum Gasteiger partial charge on any atom is -0.327 e. The topological polar surface area (TPSA) is 42.2 Å². The normalized spacial score (nSPS) is 26.9. The van der Waals surface area contributed by atoms with Crippen LogP contribution in [0.1, 0.15) is 19.0 Å². The van der Waals surface area contributed by atoms with Crippen LogP contribution in [-0.2, 0) is 6.54 Å². The van der Waals surface area contributed by atoms with Crippen LogP contribution in [0.5, 0.6) is 0 Å². The fourth-order valence-electron chi connectivity index (χ4n) is 2.16. The summed E-state index contributed by atoms with van der Waals surface area (Å²) in [5.74, 6) is 0.563. The molecule has 1 aliphatic heterocycles. The Balaban J connectivity index is 1.95. The molecule has 0 radical (unpaired) electrons. The zero-order valence-corrected chi connectivity index (χ0v) is 10.3. The first-order valence-corrected chi connectivity index (χ1v) is 6.11. The number of hydrogen-bond acceptors (Lipinski definition) is 3. The van der Waals surface area contributed by atoms with Crippen molar-refractivity contribution in [3.05, 3.63) is 29.0 Å². The minimum atomic E-state index is 0.351. The minimum absolute atomic E-state index is 0.351. The molecule has 16 heavy (non-hydrogen) atoms. The lowest BCUT2D eigenvalue weighted by molar-refractivity contribution is 0.156. The molecule has 2 unspecified atom stereocenters. The maximum atomic E-state index is 5.99. The smallest absolute Gasteiger partial charge is 0.0558 e. The van der Waals surface area contributed by atoms with Crippen molar-refractivity contribution in [1.29, 1.82) is 0 Å². The van der Waals surface area contributed by atoms with Gasteiger partial charge in [0.2, 0.25) is 0 Å². The van der Waals surface area contributed by atoms with Crippen LogP contribution in [0.4, 0.5) is 0 Å². The third-order valence-corrected chi connectivity index (χ3v) is 3.46. The largest absolute Gasteiger partial charge is 0.327 e. The standard InChI is InChI=1S/C12H18ClN3/c1-9-7-16(5-3-12(9)14)8-11-6-10(13)2-4-15-11/h2,4,6,9,12H,3,5,7-8,14H2,1H3. The number of pyridine rings is 1. The lowest BCUT2D eigenvalue weighted by atomic mass is 9.95. The number of rotatable bonds is 2. The highest BCUT2D eigenvalue weighted by Crippen LogP contribution is 2.17. The van der Waals surface area contributed by atoms with Crippen LogP contribution in [0, 0.1) is 5.92 Å². The molecule has 2 atom stereocenters. The van der Waals surface area contributed by atoms with Gasteiger partial charge in [0, 0.05) is 36.9 Å². The summed E-state index contributed by atoms with van der Waals surface area (Å²) in [5, 5.41) is 0.756. The third kappa shape index (κ3) is 2.94. The molecule has 0 saturated carbocycles. The summed E-state index contributed by atoms with van der Waals surface area (Å²) < 4.78 is 0. The van der Waals surface area contributed by atoms with Crippen molar-refractivity contribution in [2.45, 2.75) is 25.9 Å². The Morgan fingerprint density at radius 1 is 1.62 bits per heavy atom. The monoisotopic (exact) mass is 239 g/mol. The molecular formula is C12H18ClN3. The van der Waals surface area contributed by atoms with Gasteiger partial charge in [-0.05, 0) is 24.5 Å². The zero-order chi connectivity index (χ0) is 11.5.